The van der Waals surface area contributed by atoms with Crippen LogP contribution in [0, 0.1) is 12.8 Å². The third kappa shape index (κ3) is 10.8. The van der Waals surface area contributed by atoms with Crippen LogP contribution >= 0.6 is 0 Å². The summed E-state index contributed by atoms with van der Waals surface area (Å²) in [6.07, 6.45) is -10.0. The van der Waals surface area contributed by atoms with Crippen molar-refractivity contribution in [3.8, 4) is 22.3 Å². The molecule has 1 heterocycles. The van der Waals surface area contributed by atoms with Crippen molar-refractivity contribution in [3.05, 3.63) is 119 Å². The lowest BCUT2D eigenvalue weighted by atomic mass is 9.94. The minimum Gasteiger partial charge on any atom is -0.447 e. The lowest BCUT2D eigenvalue weighted by Gasteiger charge is -2.14. The number of carbonyl (C=O) groups excluding carboxylic acids is 2. The molecular formula is C36H35F6NO3. The van der Waals surface area contributed by atoms with Gasteiger partial charge in [0.05, 0.1) is 24.1 Å². The number of halogens is 6. The Bertz CT molecular complexity index is 1500. The molecular weight excluding hydrogens is 608 g/mol. The van der Waals surface area contributed by atoms with Gasteiger partial charge < -0.3 is 4.74 Å². The van der Waals surface area contributed by atoms with E-state index in [0.717, 1.165) is 35.1 Å². The fourth-order valence-corrected chi connectivity index (χ4v) is 4.26. The predicted octanol–water partition coefficient (Wildman–Crippen LogP) is 10.2. The first-order valence-corrected chi connectivity index (χ1v) is 14.5. The van der Waals surface area contributed by atoms with E-state index >= 15 is 0 Å². The molecule has 1 aliphatic rings. The molecule has 5 rings (SSSR count). The Balaban J connectivity index is 0.000000445. The molecule has 0 bridgehead atoms. The van der Waals surface area contributed by atoms with Gasteiger partial charge in [0.15, 0.2) is 0 Å². The molecule has 0 atom stereocenters. The van der Waals surface area contributed by atoms with E-state index in [2.05, 4.69) is 39.8 Å². The minimum atomic E-state index is -4.51. The topological polar surface area (TPSA) is 46.6 Å². The molecule has 1 aliphatic heterocycles. The Labute approximate surface area is 264 Å². The van der Waals surface area contributed by atoms with Crippen molar-refractivity contribution in [3.63, 3.8) is 0 Å². The van der Waals surface area contributed by atoms with Crippen LogP contribution in [0.5, 0.6) is 0 Å². The lowest BCUT2D eigenvalue weighted by Crippen LogP contribution is -2.32. The number of cyclic esters (lactones) is 1. The standard InChI is InChI=1S/C25H17F6NO3.C7H8.C4H10/c26-24(27,28)20-5-1-16(2-6-20)18-11-15(13-22(33)32-9-10-35-23(32)34)12-19(14-18)17-3-7-21(8-4-17)25(29,30)31;1-7-5-3-2-4-6-7;1-4(2)3/h1-8,11-12,14H,9-10,13H2;2-6H,1H3;4H,1-3H3. The second-order valence-electron chi connectivity index (χ2n) is 11.3. The zero-order chi connectivity index (χ0) is 34.1. The van der Waals surface area contributed by atoms with Crippen molar-refractivity contribution in [2.24, 2.45) is 5.92 Å². The lowest BCUT2D eigenvalue weighted by molar-refractivity contribution is -0.138. The number of hydrogen-bond donors (Lipinski definition) is 0. The molecule has 4 aromatic carbocycles. The molecule has 0 saturated carbocycles. The highest BCUT2D eigenvalue weighted by Crippen LogP contribution is 2.35. The number of amides is 2. The van der Waals surface area contributed by atoms with Crippen LogP contribution < -0.4 is 0 Å². The molecule has 46 heavy (non-hydrogen) atoms. The van der Waals surface area contributed by atoms with Crippen molar-refractivity contribution in [1.29, 1.82) is 0 Å². The van der Waals surface area contributed by atoms with Gasteiger partial charge in [0, 0.05) is 0 Å². The Morgan fingerprint density at radius 3 is 1.48 bits per heavy atom. The van der Waals surface area contributed by atoms with Crippen molar-refractivity contribution >= 4 is 12.0 Å². The van der Waals surface area contributed by atoms with Crippen molar-refractivity contribution < 1.29 is 40.7 Å². The fraction of sp³-hybridized carbons (Fsp3) is 0.278. The molecule has 0 aliphatic carbocycles. The van der Waals surface area contributed by atoms with Crippen LogP contribution in [0.25, 0.3) is 22.3 Å². The number of carbonyl (C=O) groups is 2. The van der Waals surface area contributed by atoms with E-state index < -0.39 is 35.5 Å². The van der Waals surface area contributed by atoms with Gasteiger partial charge in [0.25, 0.3) is 0 Å². The van der Waals surface area contributed by atoms with Gasteiger partial charge in [-0.05, 0) is 71.0 Å². The molecule has 0 unspecified atom stereocenters. The summed E-state index contributed by atoms with van der Waals surface area (Å²) in [6, 6.07) is 23.9. The molecule has 2 amide bonds. The van der Waals surface area contributed by atoms with E-state index in [-0.39, 0.29) is 19.6 Å². The summed E-state index contributed by atoms with van der Waals surface area (Å²) in [5.41, 5.74) is 1.85. The number of hydrogen-bond acceptors (Lipinski definition) is 3. The first-order chi connectivity index (χ1) is 21.5. The molecule has 4 nitrogen and oxygen atoms in total. The predicted molar refractivity (Wildman–Crippen MR) is 166 cm³/mol. The molecule has 1 fully saturated rings. The van der Waals surface area contributed by atoms with Gasteiger partial charge in [-0.15, -0.1) is 0 Å². The van der Waals surface area contributed by atoms with E-state index in [0.29, 0.717) is 27.8 Å². The van der Waals surface area contributed by atoms with E-state index in [1.165, 1.54) is 29.8 Å². The Morgan fingerprint density at radius 2 is 1.15 bits per heavy atom. The van der Waals surface area contributed by atoms with E-state index in [9.17, 15) is 35.9 Å². The number of alkyl halides is 6. The van der Waals surface area contributed by atoms with E-state index in [1.807, 2.05) is 18.2 Å². The summed E-state index contributed by atoms with van der Waals surface area (Å²) in [6.45, 7) is 8.76. The molecule has 4 aromatic rings. The highest BCUT2D eigenvalue weighted by molar-refractivity contribution is 5.94. The van der Waals surface area contributed by atoms with Crippen LogP contribution in [-0.2, 0) is 28.3 Å². The molecule has 0 radical (unpaired) electrons. The van der Waals surface area contributed by atoms with E-state index in [4.69, 9.17) is 4.74 Å². The summed E-state index contributed by atoms with van der Waals surface area (Å²) in [7, 11) is 0. The maximum absolute atomic E-state index is 13.0. The molecule has 10 heteroatoms. The van der Waals surface area contributed by atoms with Gasteiger partial charge in [-0.1, -0.05) is 93.1 Å². The minimum absolute atomic E-state index is 0.0764. The second kappa shape index (κ2) is 15.6. The van der Waals surface area contributed by atoms with Crippen LogP contribution in [0.2, 0.25) is 0 Å². The highest BCUT2D eigenvalue weighted by Gasteiger charge is 2.31. The molecule has 0 spiro atoms. The normalized spacial score (nSPS) is 12.9. The molecule has 1 saturated heterocycles. The number of rotatable bonds is 4. The maximum Gasteiger partial charge on any atom is 0.416 e. The van der Waals surface area contributed by atoms with Gasteiger partial charge >= 0.3 is 18.4 Å². The van der Waals surface area contributed by atoms with Gasteiger partial charge in [-0.3, -0.25) is 4.79 Å². The zero-order valence-electron chi connectivity index (χ0n) is 25.9. The summed E-state index contributed by atoms with van der Waals surface area (Å²) in [5, 5.41) is 0. The Morgan fingerprint density at radius 1 is 0.717 bits per heavy atom. The first kappa shape index (κ1) is 35.9. The molecule has 244 valence electrons. The van der Waals surface area contributed by atoms with Gasteiger partial charge in [-0.25, -0.2) is 9.69 Å². The molecule has 0 aromatic heterocycles. The largest absolute Gasteiger partial charge is 0.447 e. The van der Waals surface area contributed by atoms with Crippen molar-refractivity contribution in [2.75, 3.05) is 13.2 Å². The summed E-state index contributed by atoms with van der Waals surface area (Å²) in [4.78, 5) is 25.3. The first-order valence-electron chi connectivity index (χ1n) is 14.5. The quantitative estimate of drug-likeness (QED) is 0.208. The van der Waals surface area contributed by atoms with Crippen LogP contribution in [0.15, 0.2) is 97.1 Å². The van der Waals surface area contributed by atoms with Crippen LogP contribution in [0.4, 0.5) is 31.1 Å². The number of aryl methyl sites for hydroxylation is 1. The van der Waals surface area contributed by atoms with Crippen LogP contribution in [0.1, 0.15) is 43.0 Å². The zero-order valence-corrected chi connectivity index (χ0v) is 25.9. The van der Waals surface area contributed by atoms with Crippen molar-refractivity contribution in [1.82, 2.24) is 4.90 Å². The van der Waals surface area contributed by atoms with Gasteiger partial charge in [0.2, 0.25) is 5.91 Å². The van der Waals surface area contributed by atoms with Crippen molar-refractivity contribution in [2.45, 2.75) is 46.5 Å². The average molecular weight is 644 g/mol. The number of nitrogens with zero attached hydrogens (tertiary/aromatic N) is 1. The number of benzene rings is 4. The number of imide groups is 1. The summed E-state index contributed by atoms with van der Waals surface area (Å²) in [5.74, 6) is 0.301. The fourth-order valence-electron chi connectivity index (χ4n) is 4.26. The van der Waals surface area contributed by atoms with Crippen LogP contribution in [-0.4, -0.2) is 30.1 Å². The Kier molecular flexibility index (Phi) is 12.2. The third-order valence-corrected chi connectivity index (χ3v) is 6.44. The van der Waals surface area contributed by atoms with Gasteiger partial charge in [0.1, 0.15) is 6.61 Å². The monoisotopic (exact) mass is 643 g/mol. The Hall–Kier alpha value is -4.60. The SMILES string of the molecule is CC(C)C.Cc1ccccc1.O=C(Cc1cc(-c2ccc(C(F)(F)F)cc2)cc(-c2ccc(C(F)(F)F)cc2)c1)N1CCOC1=O. The summed E-state index contributed by atoms with van der Waals surface area (Å²) < 4.78 is 82.5. The van der Waals surface area contributed by atoms with Crippen LogP contribution in [0.3, 0.4) is 0 Å². The second-order valence-corrected chi connectivity index (χ2v) is 11.3. The maximum atomic E-state index is 13.0. The number of ether oxygens (including phenoxy) is 1. The third-order valence-electron chi connectivity index (χ3n) is 6.44. The summed E-state index contributed by atoms with van der Waals surface area (Å²) >= 11 is 0. The highest BCUT2D eigenvalue weighted by atomic mass is 19.4. The smallest absolute Gasteiger partial charge is 0.416 e. The van der Waals surface area contributed by atoms with Gasteiger partial charge in [-0.2, -0.15) is 26.3 Å². The average Bonchev–Trinajstić information content (AvgIpc) is 3.43. The van der Waals surface area contributed by atoms with E-state index in [1.54, 1.807) is 18.2 Å². The molecule has 0 N–H and O–H groups in total.